The standard InChI is InChI=1S/C20H28N2O3/c1-14-5-4-12-22(13-14)20(24)17-10-11-18(23)21(2)19(17)15-6-8-16(25-3)9-7-15/h6-9,14,17,19H,4-5,10-13H2,1-3H3/t14-,17-,19+/m0/s1. The molecule has 0 N–H and O–H groups in total. The van der Waals surface area contributed by atoms with Gasteiger partial charge in [-0.3, -0.25) is 9.59 Å². The molecule has 25 heavy (non-hydrogen) atoms. The molecule has 1 aromatic rings. The maximum absolute atomic E-state index is 13.2. The quantitative estimate of drug-likeness (QED) is 0.847. The first-order valence-electron chi connectivity index (χ1n) is 9.19. The van der Waals surface area contributed by atoms with Gasteiger partial charge in [0.15, 0.2) is 0 Å². The fraction of sp³-hybridized carbons (Fsp3) is 0.600. The van der Waals surface area contributed by atoms with Crippen LogP contribution in [-0.4, -0.2) is 48.9 Å². The molecular formula is C20H28N2O3. The van der Waals surface area contributed by atoms with Crippen LogP contribution in [0.1, 0.15) is 44.2 Å². The van der Waals surface area contributed by atoms with Crippen molar-refractivity contribution in [1.29, 1.82) is 0 Å². The maximum Gasteiger partial charge on any atom is 0.228 e. The fourth-order valence-electron chi connectivity index (χ4n) is 4.18. The van der Waals surface area contributed by atoms with Gasteiger partial charge in [-0.2, -0.15) is 0 Å². The predicted octanol–water partition coefficient (Wildman–Crippen LogP) is 2.86. The predicted molar refractivity (Wildman–Crippen MR) is 96.2 cm³/mol. The summed E-state index contributed by atoms with van der Waals surface area (Å²) in [7, 11) is 3.45. The Morgan fingerprint density at radius 2 is 1.92 bits per heavy atom. The summed E-state index contributed by atoms with van der Waals surface area (Å²) in [6.07, 6.45) is 3.34. The maximum atomic E-state index is 13.2. The largest absolute Gasteiger partial charge is 0.497 e. The zero-order valence-electron chi connectivity index (χ0n) is 15.4. The molecule has 5 nitrogen and oxygen atoms in total. The van der Waals surface area contributed by atoms with Gasteiger partial charge in [-0.1, -0.05) is 19.1 Å². The molecule has 0 bridgehead atoms. The van der Waals surface area contributed by atoms with Crippen LogP contribution >= 0.6 is 0 Å². The van der Waals surface area contributed by atoms with Crippen LogP contribution < -0.4 is 4.74 Å². The lowest BCUT2D eigenvalue weighted by Gasteiger charge is -2.42. The van der Waals surface area contributed by atoms with E-state index in [1.807, 2.05) is 36.2 Å². The summed E-state index contributed by atoms with van der Waals surface area (Å²) in [5, 5.41) is 0. The summed E-state index contributed by atoms with van der Waals surface area (Å²) >= 11 is 0. The second-order valence-electron chi connectivity index (χ2n) is 7.40. The van der Waals surface area contributed by atoms with Crippen LogP contribution in [-0.2, 0) is 9.59 Å². The number of nitrogens with zero attached hydrogens (tertiary/aromatic N) is 2. The number of piperidine rings is 2. The molecule has 3 rings (SSSR count). The Bertz CT molecular complexity index is 628. The number of amides is 2. The van der Waals surface area contributed by atoms with Crippen molar-refractivity contribution in [3.05, 3.63) is 29.8 Å². The minimum absolute atomic E-state index is 0.108. The molecule has 5 heteroatoms. The van der Waals surface area contributed by atoms with Crippen LogP contribution in [0.15, 0.2) is 24.3 Å². The highest BCUT2D eigenvalue weighted by Crippen LogP contribution is 2.38. The number of ether oxygens (including phenoxy) is 1. The summed E-state index contributed by atoms with van der Waals surface area (Å²) in [6.45, 7) is 3.88. The zero-order valence-corrected chi connectivity index (χ0v) is 15.4. The average Bonchev–Trinajstić information content (AvgIpc) is 2.63. The highest BCUT2D eigenvalue weighted by atomic mass is 16.5. The van der Waals surface area contributed by atoms with Crippen LogP contribution in [0.5, 0.6) is 5.75 Å². The SMILES string of the molecule is COc1ccc([C@@H]2[C@@H](C(=O)N3CCC[C@H](C)C3)CCC(=O)N2C)cc1. The zero-order chi connectivity index (χ0) is 18.0. The molecule has 0 aromatic heterocycles. The molecular weight excluding hydrogens is 316 g/mol. The molecule has 0 unspecified atom stereocenters. The first-order valence-corrected chi connectivity index (χ1v) is 9.19. The molecule has 0 saturated carbocycles. The Hall–Kier alpha value is -2.04. The first-order chi connectivity index (χ1) is 12.0. The summed E-state index contributed by atoms with van der Waals surface area (Å²) in [4.78, 5) is 29.3. The van der Waals surface area contributed by atoms with Crippen molar-refractivity contribution in [2.45, 2.75) is 38.6 Å². The smallest absolute Gasteiger partial charge is 0.228 e. The van der Waals surface area contributed by atoms with E-state index in [9.17, 15) is 9.59 Å². The third-order valence-corrected chi connectivity index (χ3v) is 5.60. The Morgan fingerprint density at radius 3 is 2.56 bits per heavy atom. The molecule has 1 aromatic carbocycles. The Labute approximate surface area is 149 Å². The molecule has 2 saturated heterocycles. The van der Waals surface area contributed by atoms with Crippen molar-refractivity contribution < 1.29 is 14.3 Å². The van der Waals surface area contributed by atoms with Gasteiger partial charge in [0.1, 0.15) is 5.75 Å². The van der Waals surface area contributed by atoms with Gasteiger partial charge in [0.25, 0.3) is 0 Å². The number of methoxy groups -OCH3 is 1. The summed E-state index contributed by atoms with van der Waals surface area (Å²) in [5.41, 5.74) is 1.000. The third kappa shape index (κ3) is 3.65. The molecule has 136 valence electrons. The number of hydrogen-bond acceptors (Lipinski definition) is 3. The second-order valence-corrected chi connectivity index (χ2v) is 7.40. The van der Waals surface area contributed by atoms with E-state index in [0.29, 0.717) is 18.8 Å². The Balaban J connectivity index is 1.86. The van der Waals surface area contributed by atoms with Gasteiger partial charge in [-0.25, -0.2) is 0 Å². The highest BCUT2D eigenvalue weighted by molar-refractivity contribution is 5.85. The van der Waals surface area contributed by atoms with E-state index in [1.54, 1.807) is 12.0 Å². The average molecular weight is 344 g/mol. The van der Waals surface area contributed by atoms with Crippen LogP contribution in [0, 0.1) is 11.8 Å². The van der Waals surface area contributed by atoms with E-state index in [4.69, 9.17) is 4.74 Å². The van der Waals surface area contributed by atoms with Crippen LogP contribution in [0.25, 0.3) is 0 Å². The van der Waals surface area contributed by atoms with Gasteiger partial charge in [-0.05, 0) is 42.9 Å². The number of carbonyl (C=O) groups is 2. The van der Waals surface area contributed by atoms with Crippen molar-refractivity contribution in [2.75, 3.05) is 27.2 Å². The van der Waals surface area contributed by atoms with Gasteiger partial charge in [-0.15, -0.1) is 0 Å². The van der Waals surface area contributed by atoms with E-state index >= 15 is 0 Å². The van der Waals surface area contributed by atoms with Gasteiger partial charge in [0, 0.05) is 26.6 Å². The molecule has 3 atom stereocenters. The molecule has 2 fully saturated rings. The lowest BCUT2D eigenvalue weighted by Crippen LogP contribution is -2.49. The first kappa shape index (κ1) is 17.8. The monoisotopic (exact) mass is 344 g/mol. The summed E-state index contributed by atoms with van der Waals surface area (Å²) < 4.78 is 5.23. The van der Waals surface area contributed by atoms with E-state index in [-0.39, 0.29) is 23.8 Å². The van der Waals surface area contributed by atoms with Gasteiger partial charge < -0.3 is 14.5 Å². The van der Waals surface area contributed by atoms with Crippen molar-refractivity contribution >= 4 is 11.8 Å². The minimum Gasteiger partial charge on any atom is -0.497 e. The van der Waals surface area contributed by atoms with Gasteiger partial charge in [0.05, 0.1) is 19.1 Å². The summed E-state index contributed by atoms with van der Waals surface area (Å²) in [5.74, 6) is 1.48. The molecule has 2 amide bonds. The molecule has 0 aliphatic carbocycles. The highest BCUT2D eigenvalue weighted by Gasteiger charge is 2.41. The lowest BCUT2D eigenvalue weighted by atomic mass is 9.83. The molecule has 2 aliphatic heterocycles. The number of carbonyl (C=O) groups excluding carboxylic acids is 2. The number of likely N-dealkylation sites (tertiary alicyclic amines) is 2. The van der Waals surface area contributed by atoms with Crippen LogP contribution in [0.3, 0.4) is 0 Å². The fourth-order valence-corrected chi connectivity index (χ4v) is 4.18. The van der Waals surface area contributed by atoms with Crippen molar-refractivity contribution in [3.8, 4) is 5.75 Å². The molecule has 0 radical (unpaired) electrons. The van der Waals surface area contributed by atoms with Crippen molar-refractivity contribution in [3.63, 3.8) is 0 Å². The number of benzene rings is 1. The topological polar surface area (TPSA) is 49.9 Å². The number of rotatable bonds is 3. The minimum atomic E-state index is -0.197. The molecule has 2 aliphatic rings. The van der Waals surface area contributed by atoms with Crippen molar-refractivity contribution in [1.82, 2.24) is 9.80 Å². The van der Waals surface area contributed by atoms with Crippen LogP contribution in [0.4, 0.5) is 0 Å². The molecule has 0 spiro atoms. The van der Waals surface area contributed by atoms with Gasteiger partial charge in [0.2, 0.25) is 11.8 Å². The lowest BCUT2D eigenvalue weighted by molar-refractivity contribution is -0.147. The van der Waals surface area contributed by atoms with E-state index < -0.39 is 0 Å². The van der Waals surface area contributed by atoms with E-state index in [0.717, 1.165) is 30.8 Å². The molecule has 2 heterocycles. The Kier molecular flexibility index (Phi) is 5.30. The number of hydrogen-bond donors (Lipinski definition) is 0. The normalized spacial score (nSPS) is 27.3. The van der Waals surface area contributed by atoms with Crippen molar-refractivity contribution in [2.24, 2.45) is 11.8 Å². The van der Waals surface area contributed by atoms with Gasteiger partial charge >= 0.3 is 0 Å². The summed E-state index contributed by atoms with van der Waals surface area (Å²) in [6, 6.07) is 7.53. The Morgan fingerprint density at radius 1 is 1.20 bits per heavy atom. The third-order valence-electron chi connectivity index (χ3n) is 5.60. The van der Waals surface area contributed by atoms with Crippen LogP contribution in [0.2, 0.25) is 0 Å². The van der Waals surface area contributed by atoms with E-state index in [1.165, 1.54) is 6.42 Å². The van der Waals surface area contributed by atoms with E-state index in [2.05, 4.69) is 6.92 Å². The second kappa shape index (κ2) is 7.46.